The number of benzene rings is 5. The number of alkyl halides is 2. The Morgan fingerprint density at radius 3 is 1.10 bits per heavy atom. The van der Waals surface area contributed by atoms with Crippen molar-refractivity contribution in [2.24, 2.45) is 29.4 Å². The zero-order chi connectivity index (χ0) is 88.4. The van der Waals surface area contributed by atoms with Crippen LogP contribution in [0.4, 0.5) is 19.2 Å². The van der Waals surface area contributed by atoms with Gasteiger partial charge >= 0.3 is 24.5 Å². The summed E-state index contributed by atoms with van der Waals surface area (Å²) in [5.41, 5.74) is 10.1. The summed E-state index contributed by atoms with van der Waals surface area (Å²) in [5.74, 6) is 2.04. The summed E-state index contributed by atoms with van der Waals surface area (Å²) < 4.78 is 70.0. The first-order valence-corrected chi connectivity index (χ1v) is 45.8. The Bertz CT molecular complexity index is 3770. The van der Waals surface area contributed by atoms with Gasteiger partial charge in [0.1, 0.15) is 22.4 Å². The summed E-state index contributed by atoms with van der Waals surface area (Å²) in [7, 11) is -1.02. The smallest absolute Gasteiger partial charge is 0.444 e. The Morgan fingerprint density at radius 2 is 0.797 bits per heavy atom. The van der Waals surface area contributed by atoms with E-state index in [1.807, 2.05) is 77.9 Å². The van der Waals surface area contributed by atoms with Gasteiger partial charge in [0.15, 0.2) is 0 Å². The van der Waals surface area contributed by atoms with E-state index in [2.05, 4.69) is 177 Å². The minimum absolute atomic E-state index is 0.108. The van der Waals surface area contributed by atoms with Gasteiger partial charge in [-0.05, 0) is 206 Å². The highest BCUT2D eigenvalue weighted by Gasteiger charge is 2.30. The van der Waals surface area contributed by atoms with Crippen LogP contribution in [0.15, 0.2) is 152 Å². The number of hydrogen-bond donors (Lipinski definition) is 6. The molecule has 0 bridgehead atoms. The van der Waals surface area contributed by atoms with Gasteiger partial charge in [-0.1, -0.05) is 152 Å². The Labute approximate surface area is 719 Å². The summed E-state index contributed by atoms with van der Waals surface area (Å²) in [6, 6.07) is 54.5. The zero-order valence-electron chi connectivity index (χ0n) is 72.3. The third-order valence-corrected chi connectivity index (χ3v) is 18.2. The molecule has 26 nitrogen and oxygen atoms in total. The van der Waals surface area contributed by atoms with E-state index >= 15 is 0 Å². The molecule has 118 heavy (non-hydrogen) atoms. The van der Waals surface area contributed by atoms with Gasteiger partial charge in [-0.3, -0.25) is 28.7 Å². The lowest BCUT2D eigenvalue weighted by atomic mass is 10.1. The van der Waals surface area contributed by atoms with Crippen molar-refractivity contribution in [2.45, 2.75) is 189 Å². The predicted molar refractivity (Wildman–Crippen MR) is 471 cm³/mol. The van der Waals surface area contributed by atoms with Crippen molar-refractivity contribution < 1.29 is 74.1 Å². The quantitative estimate of drug-likeness (QED) is 0.0126. The fourth-order valence-corrected chi connectivity index (χ4v) is 13.2. The molecule has 5 aromatic carbocycles. The largest absolute Gasteiger partial charge is 0.519 e. The molecule has 0 saturated carbocycles. The van der Waals surface area contributed by atoms with Gasteiger partial charge in [0.25, 0.3) is 10.1 Å². The summed E-state index contributed by atoms with van der Waals surface area (Å²) in [6.45, 7) is 40.3. The highest BCUT2D eigenvalue weighted by atomic mass is 35.7. The number of alkyl carbamates (subject to hydrolysis) is 2. The van der Waals surface area contributed by atoms with Crippen LogP contribution < -0.4 is 21.7 Å². The van der Waals surface area contributed by atoms with Crippen molar-refractivity contribution in [3.05, 3.63) is 179 Å². The molecule has 6 unspecified atom stereocenters. The van der Waals surface area contributed by atoms with Gasteiger partial charge in [-0.2, -0.15) is 13.7 Å². The SMILES string of the molecule is CC(C)(C)OC(=O)NCC1CCN(Cc2ccccc2)C1.CC(C)(C)OC(=O)NCC1CCNC1.CC(C)(C)OC(=O)OC(=O)OC(C)(C)C.CO.CS(=O)(=O)Cl.CS(=O)(=O)OC1CCN(Cc2ccccc2)C1.ClCCl.N#CC1CCN(Cc2ccccc2)C1.NCC1CCN(Cc2ccccc2)C1.OC1CCN(Cc2ccccc2)C1. The molecule has 0 aromatic heterocycles. The van der Waals surface area contributed by atoms with Crippen molar-refractivity contribution >= 4 is 77.6 Å². The number of nitrogens with zero attached hydrogens (tertiary/aromatic N) is 6. The summed E-state index contributed by atoms with van der Waals surface area (Å²) >= 11 is 9.53. The van der Waals surface area contributed by atoms with Crippen molar-refractivity contribution in [3.8, 4) is 6.07 Å². The van der Waals surface area contributed by atoms with E-state index in [4.69, 9.17) is 62.4 Å². The lowest BCUT2D eigenvalue weighted by Crippen LogP contribution is -2.35. The fraction of sp³-hybridized carbons (Fsp3) is 0.598. The molecule has 6 heterocycles. The molecule has 5 aromatic rings. The fourth-order valence-electron chi connectivity index (χ4n) is 12.6. The maximum atomic E-state index is 11.6. The Morgan fingerprint density at radius 1 is 0.483 bits per heavy atom. The van der Waals surface area contributed by atoms with Crippen molar-refractivity contribution in [1.82, 2.24) is 40.4 Å². The molecule has 0 aliphatic carbocycles. The number of nitrogens with one attached hydrogen (secondary N) is 3. The first-order valence-electron chi connectivity index (χ1n) is 40.2. The minimum Gasteiger partial charge on any atom is -0.444 e. The number of likely N-dealkylation sites (tertiary alicyclic amines) is 5. The van der Waals surface area contributed by atoms with Gasteiger partial charge in [0.05, 0.1) is 42.0 Å². The van der Waals surface area contributed by atoms with Crippen LogP contribution in [0.3, 0.4) is 0 Å². The highest BCUT2D eigenvalue weighted by molar-refractivity contribution is 8.13. The van der Waals surface area contributed by atoms with Crippen LogP contribution in [0, 0.1) is 35.0 Å². The number of halogens is 3. The molecule has 6 aliphatic heterocycles. The maximum absolute atomic E-state index is 11.6. The van der Waals surface area contributed by atoms with E-state index in [1.165, 1.54) is 47.3 Å². The molecule has 6 atom stereocenters. The average molecular weight is 1750 g/mol. The average Bonchev–Trinajstić information content (AvgIpc) is 1.65. The molecule has 2 amide bonds. The zero-order valence-corrected chi connectivity index (χ0v) is 76.2. The number of ether oxygens (including phenoxy) is 5. The van der Waals surface area contributed by atoms with E-state index in [0.29, 0.717) is 31.5 Å². The van der Waals surface area contributed by atoms with E-state index in [1.54, 1.807) is 41.5 Å². The molecule has 0 radical (unpaired) electrons. The number of aliphatic hydroxyl groups excluding tert-OH is 2. The van der Waals surface area contributed by atoms with Crippen LogP contribution in [-0.4, -0.2) is 234 Å². The van der Waals surface area contributed by atoms with Crippen LogP contribution in [0.5, 0.6) is 0 Å². The second-order valence-electron chi connectivity index (χ2n) is 33.4. The molecule has 6 aliphatic rings. The third kappa shape index (κ3) is 58.2. The maximum Gasteiger partial charge on any atom is 0.519 e. The van der Waals surface area contributed by atoms with Gasteiger partial charge in [-0.15, -0.1) is 23.2 Å². The summed E-state index contributed by atoms with van der Waals surface area (Å²) in [4.78, 5) is 56.7. The van der Waals surface area contributed by atoms with Crippen LogP contribution >= 0.6 is 33.9 Å². The number of carbonyl (C=O) groups excluding carboxylic acids is 4. The number of rotatable bonds is 17. The Kier molecular flexibility index (Phi) is 52.3. The number of nitriles is 1. The lowest BCUT2D eigenvalue weighted by Gasteiger charge is -2.21. The summed E-state index contributed by atoms with van der Waals surface area (Å²) in [5, 5.41) is 34.2. The van der Waals surface area contributed by atoms with E-state index < -0.39 is 53.9 Å². The number of β-amino-alcohol motifs (C(OH)–C–C–N with tert-alkyl or cyclic N) is 1. The molecular weight excluding hydrogens is 1610 g/mol. The van der Waals surface area contributed by atoms with Crippen LogP contribution in [0.25, 0.3) is 0 Å². The van der Waals surface area contributed by atoms with Crippen molar-refractivity contribution in [2.75, 3.05) is 123 Å². The standard InChI is InChI=1S/C17H26N2O2.C12H18N2.C12H14N2.C12H17NO3S.C11H15NO.C10H20N2O2.C10H18O5.CH2Cl2.CH3ClO2S.CH4O/c1-17(2,3)21-16(20)18-11-15-9-10-19(13-15)12-14-7-5-4-6-8-14;2*13-8-12-6-7-14(10-12)9-11-4-2-1-3-5-11;1-17(14,15)16-12-7-8-13(10-12)9-11-5-3-2-4-6-11;13-11-6-7-12(9-11)8-10-4-2-1-3-5-10;1-10(2,3)14-9(13)12-7-8-4-5-11-6-8;1-9(2,3)14-7(11)13-8(12)15-10(4,5)6;2-1-3;1-5(2,3)4;1-2/h4-8,15H,9-13H2,1-3H3,(H,18,20);1-5,12H,6-10,13H2;1-5,12H,6-7,9-10H2;2-6,12H,7-10H2,1H3;1-5,11,13H,6-9H2;8,11H,4-7H2,1-3H3,(H,12,13);1-6H3;1H2;1H3;2H,1H3. The topological polar surface area (TPSA) is 334 Å². The Hall–Kier alpha value is -6.76. The first kappa shape index (κ1) is 107. The monoisotopic (exact) mass is 1750 g/mol. The van der Waals surface area contributed by atoms with E-state index in [0.717, 1.165) is 156 Å². The van der Waals surface area contributed by atoms with E-state index in [9.17, 15) is 41.1 Å². The number of aliphatic hydroxyl groups is 2. The molecule has 6 saturated heterocycles. The first-order chi connectivity index (χ1) is 55.4. The van der Waals surface area contributed by atoms with Crippen molar-refractivity contribution in [3.63, 3.8) is 0 Å². The molecular formula is C87H137Cl3N10O16S2. The van der Waals surface area contributed by atoms with Gasteiger partial charge in [-0.25, -0.2) is 27.6 Å². The summed E-state index contributed by atoms with van der Waals surface area (Å²) in [6.07, 6.45) is 5.25. The normalized spacial score (nSPS) is 19.4. The van der Waals surface area contributed by atoms with Crippen LogP contribution in [-0.2, 0) is 79.8 Å². The second-order valence-corrected chi connectivity index (χ2v) is 38.8. The minimum atomic E-state index is -3.33. The third-order valence-electron chi connectivity index (χ3n) is 17.5. The van der Waals surface area contributed by atoms with E-state index in [-0.39, 0.29) is 35.7 Å². The highest BCUT2D eigenvalue weighted by Crippen LogP contribution is 2.23. The van der Waals surface area contributed by atoms with Crippen molar-refractivity contribution in [1.29, 1.82) is 5.26 Å². The second kappa shape index (κ2) is 57.5. The lowest BCUT2D eigenvalue weighted by molar-refractivity contribution is -0.0295. The molecule has 7 N–H and O–H groups in total. The number of carbonyl (C=O) groups is 4. The molecule has 664 valence electrons. The molecule has 11 rings (SSSR count). The van der Waals surface area contributed by atoms with Gasteiger partial charge in [0, 0.05) is 109 Å². The molecule has 31 heteroatoms. The van der Waals surface area contributed by atoms with Crippen LogP contribution in [0.2, 0.25) is 0 Å². The number of nitrogens with two attached hydrogens (primary N) is 1. The number of hydrogen-bond acceptors (Lipinski definition) is 24. The van der Waals surface area contributed by atoms with Gasteiger partial charge < -0.3 is 55.6 Å². The molecule has 0 spiro atoms. The Balaban J connectivity index is 0.000000460. The predicted octanol–water partition coefficient (Wildman–Crippen LogP) is 14.2. The molecule has 6 fully saturated rings. The van der Waals surface area contributed by atoms with Crippen LogP contribution in [0.1, 0.15) is 149 Å². The number of amides is 2. The van der Waals surface area contributed by atoms with Gasteiger partial charge in [0.2, 0.25) is 9.05 Å².